The Morgan fingerprint density at radius 1 is 0.846 bits per heavy atom. The maximum atomic E-state index is 12.5. The fraction of sp³-hybridized carbons (Fsp3) is 0. The van der Waals surface area contributed by atoms with Crippen molar-refractivity contribution >= 4 is 23.5 Å². The standard InChI is InChI=1S/C10H7BF2/c12-11(13)10-7-3-5-8-4-1-2-6-9(8)10/h1-7H. The van der Waals surface area contributed by atoms with E-state index in [4.69, 9.17) is 0 Å². The number of hydrogen-bond acceptors (Lipinski definition) is 0. The number of benzene rings is 2. The van der Waals surface area contributed by atoms with Gasteiger partial charge in [0, 0.05) is 0 Å². The molecule has 0 aliphatic rings. The van der Waals surface area contributed by atoms with Crippen molar-refractivity contribution in [2.24, 2.45) is 0 Å². The van der Waals surface area contributed by atoms with Crippen LogP contribution in [0.5, 0.6) is 0 Å². The monoisotopic (exact) mass is 176 g/mol. The molecule has 3 heteroatoms. The van der Waals surface area contributed by atoms with Gasteiger partial charge in [0.25, 0.3) is 0 Å². The summed E-state index contributed by atoms with van der Waals surface area (Å²) < 4.78 is 25.0. The van der Waals surface area contributed by atoms with Gasteiger partial charge in [0.05, 0.1) is 0 Å². The Labute approximate surface area is 75.4 Å². The minimum absolute atomic E-state index is 0.109. The summed E-state index contributed by atoms with van der Waals surface area (Å²) in [5.41, 5.74) is 0.109. The zero-order valence-electron chi connectivity index (χ0n) is 6.87. The highest BCUT2D eigenvalue weighted by Crippen LogP contribution is 2.11. The molecule has 0 atom stereocenters. The van der Waals surface area contributed by atoms with Crippen LogP contribution in [0.3, 0.4) is 0 Å². The van der Waals surface area contributed by atoms with Crippen LogP contribution in [0.25, 0.3) is 10.8 Å². The topological polar surface area (TPSA) is 0 Å². The van der Waals surface area contributed by atoms with Crippen LogP contribution in [0.15, 0.2) is 42.5 Å². The highest BCUT2D eigenvalue weighted by Gasteiger charge is 2.17. The lowest BCUT2D eigenvalue weighted by atomic mass is 9.82. The predicted octanol–water partition coefficient (Wildman–Crippen LogP) is 2.47. The lowest BCUT2D eigenvalue weighted by Gasteiger charge is -2.01. The molecule has 0 spiro atoms. The molecule has 64 valence electrons. The summed E-state index contributed by atoms with van der Waals surface area (Å²) in [6.07, 6.45) is 0. The second-order valence-corrected chi connectivity index (χ2v) is 2.87. The van der Waals surface area contributed by atoms with Crippen molar-refractivity contribution in [3.8, 4) is 0 Å². The van der Waals surface area contributed by atoms with Gasteiger partial charge in [0.15, 0.2) is 0 Å². The highest BCUT2D eigenvalue weighted by atomic mass is 19.2. The molecule has 0 fully saturated rings. The average molecular weight is 176 g/mol. The van der Waals surface area contributed by atoms with E-state index in [9.17, 15) is 8.63 Å². The summed E-state index contributed by atoms with van der Waals surface area (Å²) in [6, 6.07) is 12.1. The number of halogens is 2. The van der Waals surface area contributed by atoms with Gasteiger partial charge in [-0.2, -0.15) is 0 Å². The van der Waals surface area contributed by atoms with Crippen LogP contribution in [-0.2, 0) is 0 Å². The first-order valence-corrected chi connectivity index (χ1v) is 4.05. The van der Waals surface area contributed by atoms with E-state index in [2.05, 4.69) is 0 Å². The smallest absolute Gasteiger partial charge is 0.281 e. The molecule has 0 saturated heterocycles. The molecular weight excluding hydrogens is 169 g/mol. The highest BCUT2D eigenvalue weighted by molar-refractivity contribution is 6.63. The minimum atomic E-state index is -2.40. The Morgan fingerprint density at radius 2 is 1.54 bits per heavy atom. The normalized spacial score (nSPS) is 10.3. The van der Waals surface area contributed by atoms with Crippen LogP contribution in [0.2, 0.25) is 0 Å². The maximum absolute atomic E-state index is 12.5. The molecule has 2 aromatic carbocycles. The molecular formula is C10H7BF2. The van der Waals surface area contributed by atoms with E-state index in [1.807, 2.05) is 18.2 Å². The molecule has 0 nitrogen and oxygen atoms in total. The van der Waals surface area contributed by atoms with Gasteiger partial charge in [-0.05, 0) is 16.2 Å². The summed E-state index contributed by atoms with van der Waals surface area (Å²) in [5, 5.41) is 1.50. The predicted molar refractivity (Wildman–Crippen MR) is 51.6 cm³/mol. The van der Waals surface area contributed by atoms with E-state index >= 15 is 0 Å². The van der Waals surface area contributed by atoms with Gasteiger partial charge in [-0.3, -0.25) is 8.63 Å². The van der Waals surface area contributed by atoms with Crippen molar-refractivity contribution in [1.82, 2.24) is 0 Å². The fourth-order valence-corrected chi connectivity index (χ4v) is 1.44. The van der Waals surface area contributed by atoms with Gasteiger partial charge in [-0.1, -0.05) is 42.5 Å². The molecule has 0 radical (unpaired) electrons. The number of rotatable bonds is 1. The second kappa shape index (κ2) is 3.17. The van der Waals surface area contributed by atoms with Crippen LogP contribution < -0.4 is 5.46 Å². The van der Waals surface area contributed by atoms with Gasteiger partial charge in [-0.15, -0.1) is 0 Å². The van der Waals surface area contributed by atoms with Crippen molar-refractivity contribution < 1.29 is 8.63 Å². The molecule has 0 aliphatic carbocycles. The summed E-state index contributed by atoms with van der Waals surface area (Å²) in [6.45, 7) is 0. The molecule has 0 saturated carbocycles. The summed E-state index contributed by atoms with van der Waals surface area (Å²) in [4.78, 5) is 0. The lowest BCUT2D eigenvalue weighted by Crippen LogP contribution is -2.20. The zero-order valence-corrected chi connectivity index (χ0v) is 6.87. The Hall–Kier alpha value is -1.38. The molecule has 0 aromatic heterocycles. The largest absolute Gasteiger partial charge is 0.572 e. The van der Waals surface area contributed by atoms with E-state index in [-0.39, 0.29) is 5.46 Å². The molecule has 0 bridgehead atoms. The SMILES string of the molecule is FB(F)c1cccc2ccccc12. The van der Waals surface area contributed by atoms with Crippen molar-refractivity contribution in [3.63, 3.8) is 0 Å². The first kappa shape index (κ1) is 8.23. The third-order valence-electron chi connectivity index (χ3n) is 2.06. The van der Waals surface area contributed by atoms with Crippen LogP contribution in [0.1, 0.15) is 0 Å². The second-order valence-electron chi connectivity index (χ2n) is 2.87. The maximum Gasteiger partial charge on any atom is 0.572 e. The van der Waals surface area contributed by atoms with E-state index < -0.39 is 7.27 Å². The quantitative estimate of drug-likeness (QED) is 0.585. The lowest BCUT2D eigenvalue weighted by molar-refractivity contribution is 0.685. The Balaban J connectivity index is 2.76. The van der Waals surface area contributed by atoms with Crippen molar-refractivity contribution in [3.05, 3.63) is 42.5 Å². The van der Waals surface area contributed by atoms with Crippen molar-refractivity contribution in [2.45, 2.75) is 0 Å². The minimum Gasteiger partial charge on any atom is -0.281 e. The van der Waals surface area contributed by atoms with Gasteiger partial charge < -0.3 is 0 Å². The molecule has 0 aliphatic heterocycles. The fourth-order valence-electron chi connectivity index (χ4n) is 1.44. The molecule has 2 rings (SSSR count). The summed E-state index contributed by atoms with van der Waals surface area (Å²) in [7, 11) is -2.40. The van der Waals surface area contributed by atoms with Crippen molar-refractivity contribution in [1.29, 1.82) is 0 Å². The Bertz CT molecular complexity index is 421. The van der Waals surface area contributed by atoms with E-state index in [1.165, 1.54) is 6.07 Å². The van der Waals surface area contributed by atoms with Gasteiger partial charge >= 0.3 is 7.27 Å². The van der Waals surface area contributed by atoms with Gasteiger partial charge in [0.1, 0.15) is 0 Å². The molecule has 0 heterocycles. The third-order valence-corrected chi connectivity index (χ3v) is 2.06. The number of fused-ring (bicyclic) bond motifs is 1. The molecule has 0 amide bonds. The summed E-state index contributed by atoms with van der Waals surface area (Å²) in [5.74, 6) is 0. The van der Waals surface area contributed by atoms with Crippen LogP contribution in [0, 0.1) is 0 Å². The average Bonchev–Trinajstić information content (AvgIpc) is 2.17. The Kier molecular flexibility index (Phi) is 2.01. The first-order chi connectivity index (χ1) is 6.29. The zero-order chi connectivity index (χ0) is 9.26. The van der Waals surface area contributed by atoms with E-state index in [0.29, 0.717) is 5.39 Å². The van der Waals surface area contributed by atoms with E-state index in [1.54, 1.807) is 18.2 Å². The molecule has 0 unspecified atom stereocenters. The molecule has 0 N–H and O–H groups in total. The van der Waals surface area contributed by atoms with Crippen LogP contribution >= 0.6 is 0 Å². The van der Waals surface area contributed by atoms with Gasteiger partial charge in [-0.25, -0.2) is 0 Å². The summed E-state index contributed by atoms with van der Waals surface area (Å²) >= 11 is 0. The van der Waals surface area contributed by atoms with E-state index in [0.717, 1.165) is 5.39 Å². The van der Waals surface area contributed by atoms with Gasteiger partial charge in [0.2, 0.25) is 0 Å². The Morgan fingerprint density at radius 3 is 2.31 bits per heavy atom. The van der Waals surface area contributed by atoms with Crippen molar-refractivity contribution in [2.75, 3.05) is 0 Å². The van der Waals surface area contributed by atoms with Crippen LogP contribution in [0.4, 0.5) is 8.63 Å². The van der Waals surface area contributed by atoms with Crippen LogP contribution in [-0.4, -0.2) is 7.27 Å². The third kappa shape index (κ3) is 1.42. The first-order valence-electron chi connectivity index (χ1n) is 4.05. The molecule has 2 aromatic rings. The molecule has 13 heavy (non-hydrogen) atoms. The number of hydrogen-bond donors (Lipinski definition) is 0.